The Labute approximate surface area is 344 Å². The predicted molar refractivity (Wildman–Crippen MR) is 220 cm³/mol. The molecule has 1 aromatic carbocycles. The second-order valence-electron chi connectivity index (χ2n) is 17.1. The first-order chi connectivity index (χ1) is 26.8. The standard InChI is InChI=1S/C43H59BrN4O9/c1-23-21-42(7,53-17-11-12-29-13-14-32-30(19-29)20-31(44)22-46-32)38(56-40-36(50)33(47(9)10)18-24(2)54-40)26(4)35(49)27(5)39(51)55-28(6)43(8)37-25(3)34(23)45-15-16-48(37)41(52)57-43/h11-14,19-20,22-28,33,36-38,40,50H,15-18,21H2,1-10H3/b12-11+/t23-,24+,25-,26+,27-,28+,33-,36?,37-,38-,40-,42+,43-/m1/s1. The van der Waals surface area contributed by atoms with Crippen molar-refractivity contribution in [3.63, 3.8) is 0 Å². The Morgan fingerprint density at radius 3 is 2.53 bits per heavy atom. The van der Waals surface area contributed by atoms with Crippen LogP contribution in [0, 0.1) is 23.7 Å². The second kappa shape index (κ2) is 17.1. The molecule has 0 radical (unpaired) electrons. The average Bonchev–Trinajstić information content (AvgIpc) is 3.28. The first-order valence-corrected chi connectivity index (χ1v) is 20.9. The minimum Gasteiger partial charge on any atom is -0.458 e. The highest BCUT2D eigenvalue weighted by molar-refractivity contribution is 9.10. The van der Waals surface area contributed by atoms with E-state index in [2.05, 4.69) is 27.8 Å². The van der Waals surface area contributed by atoms with E-state index in [9.17, 15) is 19.5 Å². The van der Waals surface area contributed by atoms with Crippen molar-refractivity contribution < 1.29 is 43.2 Å². The van der Waals surface area contributed by atoms with Crippen LogP contribution in [-0.2, 0) is 33.3 Å². The van der Waals surface area contributed by atoms with Crippen LogP contribution in [0.3, 0.4) is 0 Å². The molecule has 312 valence electrons. The van der Waals surface area contributed by atoms with Crippen molar-refractivity contribution in [1.29, 1.82) is 0 Å². The molecule has 6 rings (SSSR count). The molecule has 0 aliphatic carbocycles. The zero-order valence-electron chi connectivity index (χ0n) is 34.8. The fourth-order valence-corrected chi connectivity index (χ4v) is 9.86. The highest BCUT2D eigenvalue weighted by Gasteiger charge is 2.60. The molecule has 14 heteroatoms. The second-order valence-corrected chi connectivity index (χ2v) is 18.1. The molecule has 13 nitrogen and oxygen atoms in total. The van der Waals surface area contributed by atoms with Gasteiger partial charge in [-0.15, -0.1) is 0 Å². The molecular weight excluding hydrogens is 796 g/mol. The normalized spacial score (nSPS) is 38.2. The van der Waals surface area contributed by atoms with Gasteiger partial charge in [0.2, 0.25) is 0 Å². The van der Waals surface area contributed by atoms with Crippen molar-refractivity contribution in [1.82, 2.24) is 14.8 Å². The third-order valence-electron chi connectivity index (χ3n) is 12.7. The molecule has 3 fully saturated rings. The molecule has 4 aliphatic rings. The molecule has 2 bridgehead atoms. The fraction of sp³-hybridized carbons (Fsp3) is 0.651. The van der Waals surface area contributed by atoms with Crippen LogP contribution in [0.1, 0.15) is 73.8 Å². The molecule has 1 aromatic heterocycles. The average molecular weight is 856 g/mol. The number of halogens is 1. The maximum absolute atomic E-state index is 14.5. The number of ketones is 1. The third-order valence-corrected chi connectivity index (χ3v) is 13.1. The van der Waals surface area contributed by atoms with E-state index < -0.39 is 71.5 Å². The molecule has 1 unspecified atom stereocenters. The Morgan fingerprint density at radius 2 is 1.81 bits per heavy atom. The Kier molecular flexibility index (Phi) is 13.0. The van der Waals surface area contributed by atoms with E-state index in [1.165, 1.54) is 6.92 Å². The molecule has 0 spiro atoms. The number of aliphatic imine (C=N–C) groups is 1. The molecule has 4 aliphatic heterocycles. The number of benzene rings is 1. The number of pyridine rings is 1. The van der Waals surface area contributed by atoms with Crippen LogP contribution in [-0.4, -0.2) is 131 Å². The van der Waals surface area contributed by atoms with Crippen LogP contribution in [0.15, 0.2) is 46.0 Å². The van der Waals surface area contributed by atoms with Crippen molar-refractivity contribution in [2.45, 2.75) is 122 Å². The topological polar surface area (TPSA) is 149 Å². The zero-order valence-corrected chi connectivity index (χ0v) is 36.4. The molecule has 57 heavy (non-hydrogen) atoms. The van der Waals surface area contributed by atoms with Gasteiger partial charge in [0.15, 0.2) is 17.7 Å². The number of esters is 1. The number of fused-ring (bicyclic) bond motifs is 2. The van der Waals surface area contributed by atoms with Crippen molar-refractivity contribution in [3.8, 4) is 0 Å². The third kappa shape index (κ3) is 8.72. The lowest BCUT2D eigenvalue weighted by molar-refractivity contribution is -0.296. The number of cyclic esters (lactones) is 1. The molecule has 5 heterocycles. The summed E-state index contributed by atoms with van der Waals surface area (Å²) in [4.78, 5) is 54.9. The van der Waals surface area contributed by atoms with E-state index >= 15 is 0 Å². The van der Waals surface area contributed by atoms with Gasteiger partial charge in [0.25, 0.3) is 0 Å². The molecule has 0 saturated carbocycles. The van der Waals surface area contributed by atoms with E-state index in [4.69, 9.17) is 28.7 Å². The summed E-state index contributed by atoms with van der Waals surface area (Å²) in [5.74, 6) is -3.75. The number of ether oxygens (including phenoxy) is 5. The lowest BCUT2D eigenvalue weighted by atomic mass is 9.73. The molecule has 1 amide bonds. The summed E-state index contributed by atoms with van der Waals surface area (Å²) in [6.07, 6.45) is 1.90. The van der Waals surface area contributed by atoms with Crippen molar-refractivity contribution in [2.75, 3.05) is 33.8 Å². The highest BCUT2D eigenvalue weighted by atomic mass is 79.9. The van der Waals surface area contributed by atoms with Crippen LogP contribution >= 0.6 is 15.9 Å². The minimum atomic E-state index is -1.20. The van der Waals surface area contributed by atoms with Gasteiger partial charge in [-0.2, -0.15) is 0 Å². The number of hydrogen-bond donors (Lipinski definition) is 1. The van der Waals surface area contributed by atoms with Crippen LogP contribution < -0.4 is 0 Å². The summed E-state index contributed by atoms with van der Waals surface area (Å²) in [6.45, 7) is 15.6. The molecule has 13 atom stereocenters. The number of Topliss-reactive ketones (excluding diaryl/α,β-unsaturated/α-hetero) is 1. The fourth-order valence-electron chi connectivity index (χ4n) is 9.51. The zero-order chi connectivity index (χ0) is 41.6. The van der Waals surface area contributed by atoms with Gasteiger partial charge in [-0.3, -0.25) is 24.5 Å². The number of rotatable bonds is 7. The summed E-state index contributed by atoms with van der Waals surface area (Å²) in [5.41, 5.74) is 0.303. The Bertz CT molecular complexity index is 1890. The lowest BCUT2D eigenvalue weighted by Crippen LogP contribution is -2.60. The Balaban J connectivity index is 1.41. The van der Waals surface area contributed by atoms with Crippen molar-refractivity contribution >= 4 is 56.5 Å². The summed E-state index contributed by atoms with van der Waals surface area (Å²) < 4.78 is 33.0. The summed E-state index contributed by atoms with van der Waals surface area (Å²) in [5, 5.41) is 12.7. The number of nitrogens with zero attached hydrogens (tertiary/aromatic N) is 4. The number of hydrogen-bond acceptors (Lipinski definition) is 12. The number of carbonyl (C=O) groups excluding carboxylic acids is 3. The number of carbonyl (C=O) groups is 3. The van der Waals surface area contributed by atoms with Gasteiger partial charge in [-0.1, -0.05) is 39.0 Å². The summed E-state index contributed by atoms with van der Waals surface area (Å²) in [6, 6.07) is 7.27. The van der Waals surface area contributed by atoms with Crippen LogP contribution in [0.25, 0.3) is 17.0 Å². The van der Waals surface area contributed by atoms with Gasteiger partial charge < -0.3 is 33.7 Å². The number of likely N-dealkylation sites (N-methyl/N-ethyl adjacent to an activating group) is 1. The van der Waals surface area contributed by atoms with Crippen LogP contribution in [0.4, 0.5) is 4.79 Å². The highest BCUT2D eigenvalue weighted by Crippen LogP contribution is 2.43. The number of aromatic nitrogens is 1. The van der Waals surface area contributed by atoms with E-state index in [1.54, 1.807) is 31.9 Å². The maximum atomic E-state index is 14.5. The summed E-state index contributed by atoms with van der Waals surface area (Å²) in [7, 11) is 3.81. The SMILES string of the molecule is C[C@H]1C(=O)O[C@@H](C)[C@@]2(C)OC(=O)N3CCN=C([C@H](C)C[C@](C)(OC/C=C/c4ccc5ncc(Br)cc5c4)[C@H](O[C@H]4O[C@@H](C)C[C@@H](N(C)C)C4O)[C@@H](C)C1=O)[C@@H](C)[C@@H]32. The largest absolute Gasteiger partial charge is 0.458 e. The van der Waals surface area contributed by atoms with Gasteiger partial charge in [-0.05, 0) is 107 Å². The van der Waals surface area contributed by atoms with Gasteiger partial charge in [-0.25, -0.2) is 4.79 Å². The van der Waals surface area contributed by atoms with Crippen molar-refractivity contribution in [3.05, 3.63) is 46.6 Å². The van der Waals surface area contributed by atoms with Gasteiger partial charge >= 0.3 is 12.1 Å². The first kappa shape index (κ1) is 43.3. The lowest BCUT2D eigenvalue weighted by Gasteiger charge is -2.47. The number of amides is 1. The quantitative estimate of drug-likeness (QED) is 0.255. The predicted octanol–water partition coefficient (Wildman–Crippen LogP) is 6.08. The van der Waals surface area contributed by atoms with Crippen LogP contribution in [0.5, 0.6) is 0 Å². The molecular formula is C43H59BrN4O9. The summed E-state index contributed by atoms with van der Waals surface area (Å²) >= 11 is 3.51. The Morgan fingerprint density at radius 1 is 1.07 bits per heavy atom. The maximum Gasteiger partial charge on any atom is 0.410 e. The van der Waals surface area contributed by atoms with E-state index in [-0.39, 0.29) is 30.6 Å². The van der Waals surface area contributed by atoms with E-state index in [0.717, 1.165) is 26.7 Å². The van der Waals surface area contributed by atoms with Crippen LogP contribution in [0.2, 0.25) is 0 Å². The minimum absolute atomic E-state index is 0.150. The van der Waals surface area contributed by atoms with E-state index in [0.29, 0.717) is 25.9 Å². The number of aliphatic hydroxyl groups is 1. The van der Waals surface area contributed by atoms with Crippen molar-refractivity contribution in [2.24, 2.45) is 28.7 Å². The van der Waals surface area contributed by atoms with Gasteiger partial charge in [0, 0.05) is 46.2 Å². The number of aliphatic hydroxyl groups excluding tert-OH is 1. The molecule has 3 saturated heterocycles. The van der Waals surface area contributed by atoms with Gasteiger partial charge in [0.05, 0.1) is 42.5 Å². The Hall–Kier alpha value is -3.27. The molecule has 2 aromatic rings. The molecule has 1 N–H and O–H groups in total. The first-order valence-electron chi connectivity index (χ1n) is 20.1. The monoisotopic (exact) mass is 854 g/mol. The van der Waals surface area contributed by atoms with Gasteiger partial charge in [0.1, 0.15) is 18.1 Å². The van der Waals surface area contributed by atoms with E-state index in [1.807, 2.05) is 76.2 Å². The smallest absolute Gasteiger partial charge is 0.410 e.